The molecule has 4 rings (SSSR count). The van der Waals surface area contributed by atoms with E-state index in [-0.39, 0.29) is 0 Å². The van der Waals surface area contributed by atoms with Gasteiger partial charge in [0.2, 0.25) is 0 Å². The Morgan fingerprint density at radius 1 is 0.840 bits per heavy atom. The van der Waals surface area contributed by atoms with E-state index < -0.39 is 0 Å². The lowest BCUT2D eigenvalue weighted by Gasteiger charge is -2.05. The monoisotopic (exact) mass is 332 g/mol. The minimum Gasteiger partial charge on any atom is -0.496 e. The Morgan fingerprint density at radius 3 is 2.08 bits per heavy atom. The van der Waals surface area contributed by atoms with Crippen molar-refractivity contribution in [3.8, 4) is 5.75 Å². The second-order valence-corrected chi connectivity index (χ2v) is 7.11. The van der Waals surface area contributed by atoms with Gasteiger partial charge in [-0.1, -0.05) is 67.0 Å². The molecular weight excluding hydrogens is 304 g/mol. The molecule has 2 aliphatic rings. The van der Waals surface area contributed by atoms with Crippen LogP contribution in [-0.4, -0.2) is 7.11 Å². The molecule has 0 spiro atoms. The molecule has 0 amide bonds. The highest BCUT2D eigenvalue weighted by Gasteiger charge is 2.13. The van der Waals surface area contributed by atoms with Gasteiger partial charge < -0.3 is 4.74 Å². The number of methoxy groups -OCH3 is 1. The Morgan fingerprint density at radius 2 is 1.44 bits per heavy atom. The molecule has 1 nitrogen and oxygen atoms in total. The molecule has 0 saturated heterocycles. The van der Waals surface area contributed by atoms with Crippen LogP contribution >= 0.6 is 0 Å². The highest BCUT2D eigenvalue weighted by Crippen LogP contribution is 2.31. The summed E-state index contributed by atoms with van der Waals surface area (Å²) in [5.41, 5.74) is 10.1. The Hall–Kier alpha value is -2.28. The molecule has 0 aliphatic heterocycles. The van der Waals surface area contributed by atoms with Crippen molar-refractivity contribution in [3.63, 3.8) is 0 Å². The summed E-state index contributed by atoms with van der Waals surface area (Å²) in [4.78, 5) is 0. The summed E-state index contributed by atoms with van der Waals surface area (Å²) >= 11 is 0. The average Bonchev–Trinajstić information content (AvgIpc) is 3.16. The van der Waals surface area contributed by atoms with Crippen LogP contribution in [0.5, 0.6) is 5.75 Å². The number of allylic oxidation sites excluding steroid dienone is 2. The SMILES string of the molecule is CCCc1cccc2c1C=C(C)C2.COc1cccc2c1C=C(C)C2. The topological polar surface area (TPSA) is 9.23 Å². The third-order valence-corrected chi connectivity index (χ3v) is 4.90. The molecule has 0 radical (unpaired) electrons. The summed E-state index contributed by atoms with van der Waals surface area (Å²) < 4.78 is 5.26. The first-order valence-corrected chi connectivity index (χ1v) is 9.23. The van der Waals surface area contributed by atoms with Gasteiger partial charge in [0.1, 0.15) is 5.75 Å². The van der Waals surface area contributed by atoms with Gasteiger partial charge in [-0.05, 0) is 61.4 Å². The second-order valence-electron chi connectivity index (χ2n) is 7.11. The molecule has 0 aromatic heterocycles. The zero-order chi connectivity index (χ0) is 17.8. The molecule has 0 bridgehead atoms. The maximum atomic E-state index is 5.26. The lowest BCUT2D eigenvalue weighted by molar-refractivity contribution is 0.413. The Kier molecular flexibility index (Phi) is 5.43. The van der Waals surface area contributed by atoms with Gasteiger partial charge in [0.05, 0.1) is 7.11 Å². The van der Waals surface area contributed by atoms with Gasteiger partial charge in [-0.3, -0.25) is 0 Å². The first kappa shape index (κ1) is 17.5. The van der Waals surface area contributed by atoms with Gasteiger partial charge in [-0.25, -0.2) is 0 Å². The minimum atomic E-state index is 0.990. The third kappa shape index (κ3) is 3.87. The summed E-state index contributed by atoms with van der Waals surface area (Å²) in [6.45, 7) is 6.61. The fourth-order valence-corrected chi connectivity index (χ4v) is 3.77. The normalized spacial score (nSPS) is 14.1. The fourth-order valence-electron chi connectivity index (χ4n) is 3.77. The van der Waals surface area contributed by atoms with Gasteiger partial charge in [0.15, 0.2) is 0 Å². The summed E-state index contributed by atoms with van der Waals surface area (Å²) in [5, 5.41) is 0. The van der Waals surface area contributed by atoms with Crippen molar-refractivity contribution in [2.24, 2.45) is 0 Å². The lowest BCUT2D eigenvalue weighted by atomic mass is 10.0. The minimum absolute atomic E-state index is 0.990. The van der Waals surface area contributed by atoms with Crippen LogP contribution in [0.2, 0.25) is 0 Å². The largest absolute Gasteiger partial charge is 0.496 e. The van der Waals surface area contributed by atoms with E-state index in [1.165, 1.54) is 51.8 Å². The summed E-state index contributed by atoms with van der Waals surface area (Å²) in [7, 11) is 1.72. The molecule has 130 valence electrons. The Balaban J connectivity index is 0.000000146. The van der Waals surface area contributed by atoms with Crippen molar-refractivity contribution >= 4 is 12.2 Å². The number of hydrogen-bond donors (Lipinski definition) is 0. The van der Waals surface area contributed by atoms with Crippen LogP contribution in [0.1, 0.15) is 55.0 Å². The number of hydrogen-bond acceptors (Lipinski definition) is 1. The Bertz CT molecular complexity index is 824. The van der Waals surface area contributed by atoms with Crippen molar-refractivity contribution in [1.82, 2.24) is 0 Å². The van der Waals surface area contributed by atoms with Crippen LogP contribution in [-0.2, 0) is 19.3 Å². The summed E-state index contributed by atoms with van der Waals surface area (Å²) in [6, 6.07) is 12.9. The smallest absolute Gasteiger partial charge is 0.126 e. The highest BCUT2D eigenvalue weighted by atomic mass is 16.5. The van der Waals surface area contributed by atoms with Crippen molar-refractivity contribution < 1.29 is 4.74 Å². The quantitative estimate of drug-likeness (QED) is 0.645. The van der Waals surface area contributed by atoms with E-state index in [2.05, 4.69) is 57.2 Å². The van der Waals surface area contributed by atoms with Crippen LogP contribution in [0.15, 0.2) is 47.5 Å². The molecule has 0 saturated carbocycles. The van der Waals surface area contributed by atoms with Crippen molar-refractivity contribution in [3.05, 3.63) is 75.4 Å². The molecule has 25 heavy (non-hydrogen) atoms. The van der Waals surface area contributed by atoms with E-state index in [0.29, 0.717) is 0 Å². The molecule has 2 aromatic rings. The van der Waals surface area contributed by atoms with E-state index in [0.717, 1.165) is 18.6 Å². The second kappa shape index (κ2) is 7.74. The molecule has 0 atom stereocenters. The predicted octanol–water partition coefficient (Wildman–Crippen LogP) is 6.25. The van der Waals surface area contributed by atoms with Gasteiger partial charge in [0, 0.05) is 5.56 Å². The van der Waals surface area contributed by atoms with Crippen LogP contribution in [0.4, 0.5) is 0 Å². The fraction of sp³-hybridized carbons (Fsp3) is 0.333. The number of aryl methyl sites for hydroxylation is 1. The molecule has 0 heterocycles. The standard InChI is InChI=1S/C13H16.C11H12O/c1-3-5-11-6-4-7-12-8-10(2)9-13(11)12;1-8-6-9-4-3-5-11(12-2)10(9)7-8/h4,6-7,9H,3,5,8H2,1-2H3;3-5,7H,6H2,1-2H3. The number of benzene rings is 2. The van der Waals surface area contributed by atoms with E-state index in [1.54, 1.807) is 7.11 Å². The van der Waals surface area contributed by atoms with Crippen LogP contribution in [0.25, 0.3) is 12.2 Å². The molecule has 1 heteroatoms. The highest BCUT2D eigenvalue weighted by molar-refractivity contribution is 5.68. The number of ether oxygens (including phenoxy) is 1. The lowest BCUT2D eigenvalue weighted by Crippen LogP contribution is -1.90. The third-order valence-electron chi connectivity index (χ3n) is 4.90. The number of fused-ring (bicyclic) bond motifs is 2. The van der Waals surface area contributed by atoms with Gasteiger partial charge in [-0.2, -0.15) is 0 Å². The first-order valence-electron chi connectivity index (χ1n) is 9.23. The van der Waals surface area contributed by atoms with Crippen molar-refractivity contribution in [2.45, 2.75) is 46.5 Å². The molecule has 2 aromatic carbocycles. The van der Waals surface area contributed by atoms with Crippen molar-refractivity contribution in [2.75, 3.05) is 7.11 Å². The summed E-state index contributed by atoms with van der Waals surface area (Å²) in [5.74, 6) is 0.990. The van der Waals surface area contributed by atoms with Gasteiger partial charge in [0.25, 0.3) is 0 Å². The maximum Gasteiger partial charge on any atom is 0.126 e. The molecule has 0 fully saturated rings. The molecule has 2 aliphatic carbocycles. The van der Waals surface area contributed by atoms with E-state index in [1.807, 2.05) is 12.1 Å². The number of rotatable bonds is 3. The van der Waals surface area contributed by atoms with Crippen LogP contribution < -0.4 is 4.74 Å². The van der Waals surface area contributed by atoms with E-state index >= 15 is 0 Å². The van der Waals surface area contributed by atoms with Crippen molar-refractivity contribution in [1.29, 1.82) is 0 Å². The summed E-state index contributed by atoms with van der Waals surface area (Å²) in [6.07, 6.45) is 9.24. The Labute approximate surface area is 152 Å². The average molecular weight is 332 g/mol. The zero-order valence-corrected chi connectivity index (χ0v) is 15.9. The maximum absolute atomic E-state index is 5.26. The molecule has 0 N–H and O–H groups in total. The predicted molar refractivity (Wildman–Crippen MR) is 108 cm³/mol. The molecule has 0 unspecified atom stereocenters. The van der Waals surface area contributed by atoms with Crippen LogP contribution in [0, 0.1) is 0 Å². The van der Waals surface area contributed by atoms with Gasteiger partial charge in [-0.15, -0.1) is 0 Å². The first-order chi connectivity index (χ1) is 12.1. The van der Waals surface area contributed by atoms with Gasteiger partial charge >= 0.3 is 0 Å². The van der Waals surface area contributed by atoms with E-state index in [4.69, 9.17) is 4.74 Å². The van der Waals surface area contributed by atoms with E-state index in [9.17, 15) is 0 Å². The van der Waals surface area contributed by atoms with Crippen LogP contribution in [0.3, 0.4) is 0 Å². The molecular formula is C24H28O. The zero-order valence-electron chi connectivity index (χ0n) is 15.9.